The zero-order valence-electron chi connectivity index (χ0n) is 18.8. The second-order valence-electron chi connectivity index (χ2n) is 9.59. The number of benzene rings is 2. The van der Waals surface area contributed by atoms with E-state index >= 15 is 0 Å². The summed E-state index contributed by atoms with van der Waals surface area (Å²) in [6, 6.07) is 8.30. The van der Waals surface area contributed by atoms with Crippen molar-refractivity contribution < 1.29 is 5.11 Å². The third-order valence-electron chi connectivity index (χ3n) is 5.39. The van der Waals surface area contributed by atoms with Crippen molar-refractivity contribution in [1.82, 2.24) is 0 Å². The molecular weight excluding hydrogens is 316 g/mol. The van der Waals surface area contributed by atoms with Crippen molar-refractivity contribution >= 4 is 0 Å². The van der Waals surface area contributed by atoms with Crippen molar-refractivity contribution in [3.8, 4) is 5.75 Å². The lowest BCUT2D eigenvalue weighted by Crippen LogP contribution is -2.16. The van der Waals surface area contributed by atoms with Crippen LogP contribution in [0, 0.1) is 34.6 Å². The molecule has 0 heterocycles. The van der Waals surface area contributed by atoms with Gasteiger partial charge in [0.2, 0.25) is 0 Å². The molecule has 0 atom stereocenters. The van der Waals surface area contributed by atoms with E-state index in [1.165, 1.54) is 27.8 Å². The van der Waals surface area contributed by atoms with Gasteiger partial charge in [-0.1, -0.05) is 65.8 Å². The lowest BCUT2D eigenvalue weighted by atomic mass is 9.80. The highest BCUT2D eigenvalue weighted by Crippen LogP contribution is 2.38. The number of para-hydroxylation sites is 1. The van der Waals surface area contributed by atoms with Crippen molar-refractivity contribution in [2.45, 2.75) is 87.0 Å². The van der Waals surface area contributed by atoms with E-state index in [1.54, 1.807) is 0 Å². The summed E-state index contributed by atoms with van der Waals surface area (Å²) < 4.78 is 0. The van der Waals surface area contributed by atoms with Gasteiger partial charge in [0.05, 0.1) is 0 Å². The predicted molar refractivity (Wildman–Crippen MR) is 116 cm³/mol. The zero-order chi connectivity index (χ0) is 20.4. The minimum atomic E-state index is -0.00859. The van der Waals surface area contributed by atoms with Crippen LogP contribution in [-0.2, 0) is 10.8 Å². The first-order valence-electron chi connectivity index (χ1n) is 9.54. The van der Waals surface area contributed by atoms with Crippen LogP contribution >= 0.6 is 0 Å². The number of aryl methyl sites for hydroxylation is 2. The van der Waals surface area contributed by atoms with Gasteiger partial charge in [-0.25, -0.2) is 0 Å². The number of rotatable bonds is 0. The van der Waals surface area contributed by atoms with E-state index in [-0.39, 0.29) is 10.8 Å². The van der Waals surface area contributed by atoms with Crippen LogP contribution in [0.25, 0.3) is 0 Å². The zero-order valence-corrected chi connectivity index (χ0v) is 18.8. The molecule has 2 aromatic rings. The van der Waals surface area contributed by atoms with E-state index in [0.29, 0.717) is 5.75 Å². The van der Waals surface area contributed by atoms with Gasteiger partial charge >= 0.3 is 0 Å². The average molecular weight is 355 g/mol. The molecule has 1 N–H and O–H groups in total. The summed E-state index contributed by atoms with van der Waals surface area (Å²) in [5.41, 5.74) is 9.17. The summed E-state index contributed by atoms with van der Waals surface area (Å²) in [4.78, 5) is 0. The highest BCUT2D eigenvalue weighted by molar-refractivity contribution is 5.47. The Morgan fingerprint density at radius 2 is 0.962 bits per heavy atom. The average Bonchev–Trinajstić information content (AvgIpc) is 2.49. The Morgan fingerprint density at radius 3 is 1.27 bits per heavy atom. The standard InChI is InChI=1S/C14H22O.C11H16/c1-13(2,3)10-8-7-9-11(12(10)15)14(4,5)6;1-7-6-8(2)10(4)11(5)9(7)3/h7-9,15H,1-6H3;6H,1-5H3. The van der Waals surface area contributed by atoms with E-state index in [0.717, 1.165) is 11.1 Å². The molecular formula is C25H38O. The number of phenolic OH excluding ortho intramolecular Hbond substituents is 1. The van der Waals surface area contributed by atoms with Crippen LogP contribution in [0.5, 0.6) is 5.75 Å². The first-order chi connectivity index (χ1) is 11.7. The Labute approximate surface area is 161 Å². The third-order valence-corrected chi connectivity index (χ3v) is 5.39. The topological polar surface area (TPSA) is 20.2 Å². The molecule has 0 bridgehead atoms. The molecule has 0 aliphatic carbocycles. The maximum absolute atomic E-state index is 10.3. The summed E-state index contributed by atoms with van der Waals surface area (Å²) in [7, 11) is 0. The quantitative estimate of drug-likeness (QED) is 0.529. The first kappa shape index (κ1) is 22.3. The van der Waals surface area contributed by atoms with Crippen molar-refractivity contribution in [2.75, 3.05) is 0 Å². The molecule has 26 heavy (non-hydrogen) atoms. The van der Waals surface area contributed by atoms with Crippen molar-refractivity contribution in [3.05, 3.63) is 63.2 Å². The van der Waals surface area contributed by atoms with Gasteiger partial charge in [-0.2, -0.15) is 0 Å². The van der Waals surface area contributed by atoms with Gasteiger partial charge in [0.15, 0.2) is 0 Å². The van der Waals surface area contributed by atoms with Crippen molar-refractivity contribution in [1.29, 1.82) is 0 Å². The van der Waals surface area contributed by atoms with Crippen LogP contribution in [0.15, 0.2) is 24.3 Å². The summed E-state index contributed by atoms with van der Waals surface area (Å²) >= 11 is 0. The lowest BCUT2D eigenvalue weighted by Gasteiger charge is -2.26. The highest BCUT2D eigenvalue weighted by atomic mass is 16.3. The molecule has 0 radical (unpaired) electrons. The molecule has 1 heteroatoms. The van der Waals surface area contributed by atoms with E-state index in [2.05, 4.69) is 82.2 Å². The molecule has 0 unspecified atom stereocenters. The largest absolute Gasteiger partial charge is 0.507 e. The molecule has 0 spiro atoms. The Hall–Kier alpha value is -1.76. The maximum atomic E-state index is 10.3. The lowest BCUT2D eigenvalue weighted by molar-refractivity contribution is 0.423. The summed E-state index contributed by atoms with van der Waals surface area (Å²) in [5, 5.41) is 10.3. The van der Waals surface area contributed by atoms with Gasteiger partial charge in [-0.05, 0) is 84.4 Å². The normalized spacial score (nSPS) is 11.8. The van der Waals surface area contributed by atoms with Gasteiger partial charge in [0.1, 0.15) is 5.75 Å². The van der Waals surface area contributed by atoms with Crippen LogP contribution in [0.3, 0.4) is 0 Å². The number of aromatic hydroxyl groups is 1. The fourth-order valence-electron chi connectivity index (χ4n) is 3.17. The maximum Gasteiger partial charge on any atom is 0.123 e. The molecule has 0 fully saturated rings. The van der Waals surface area contributed by atoms with Crippen LogP contribution in [0.2, 0.25) is 0 Å². The van der Waals surface area contributed by atoms with Gasteiger partial charge in [-0.15, -0.1) is 0 Å². The Balaban J connectivity index is 0.000000273. The Bertz CT molecular complexity index is 710. The molecule has 0 saturated heterocycles. The predicted octanol–water partition coefficient (Wildman–Crippen LogP) is 7.22. The Morgan fingerprint density at radius 1 is 0.615 bits per heavy atom. The van der Waals surface area contributed by atoms with E-state index in [1.807, 2.05) is 18.2 Å². The fourth-order valence-corrected chi connectivity index (χ4v) is 3.17. The molecule has 1 nitrogen and oxygen atoms in total. The molecule has 0 aliphatic heterocycles. The number of hydrogen-bond donors (Lipinski definition) is 1. The van der Waals surface area contributed by atoms with E-state index in [4.69, 9.17) is 0 Å². The monoisotopic (exact) mass is 354 g/mol. The minimum absolute atomic E-state index is 0.00859. The SMILES string of the molecule is CC(C)(C)c1cccc(C(C)(C)C)c1O.Cc1cc(C)c(C)c(C)c1C. The fraction of sp³-hybridized carbons (Fsp3) is 0.520. The highest BCUT2D eigenvalue weighted by Gasteiger charge is 2.24. The smallest absolute Gasteiger partial charge is 0.123 e. The molecule has 0 saturated carbocycles. The molecule has 2 aromatic carbocycles. The van der Waals surface area contributed by atoms with Gasteiger partial charge in [0.25, 0.3) is 0 Å². The van der Waals surface area contributed by atoms with Crippen LogP contribution in [-0.4, -0.2) is 5.11 Å². The number of hydrogen-bond acceptors (Lipinski definition) is 1. The second kappa shape index (κ2) is 7.86. The summed E-state index contributed by atoms with van der Waals surface area (Å²) in [6.45, 7) is 23.7. The minimum Gasteiger partial charge on any atom is -0.507 e. The second-order valence-corrected chi connectivity index (χ2v) is 9.59. The Kier molecular flexibility index (Phi) is 6.74. The molecule has 144 valence electrons. The van der Waals surface area contributed by atoms with Crippen LogP contribution < -0.4 is 0 Å². The summed E-state index contributed by atoms with van der Waals surface area (Å²) in [6.07, 6.45) is 0. The molecule has 0 aromatic heterocycles. The number of phenols is 1. The van der Waals surface area contributed by atoms with Crippen molar-refractivity contribution in [2.24, 2.45) is 0 Å². The molecule has 0 aliphatic rings. The van der Waals surface area contributed by atoms with Crippen molar-refractivity contribution in [3.63, 3.8) is 0 Å². The van der Waals surface area contributed by atoms with Gasteiger partial charge in [0, 0.05) is 0 Å². The van der Waals surface area contributed by atoms with Gasteiger partial charge < -0.3 is 5.11 Å². The van der Waals surface area contributed by atoms with E-state index < -0.39 is 0 Å². The molecule has 0 amide bonds. The van der Waals surface area contributed by atoms with Crippen LogP contribution in [0.1, 0.15) is 80.5 Å². The third kappa shape index (κ3) is 5.13. The summed E-state index contributed by atoms with van der Waals surface area (Å²) in [5.74, 6) is 0.456. The van der Waals surface area contributed by atoms with Crippen LogP contribution in [0.4, 0.5) is 0 Å². The van der Waals surface area contributed by atoms with E-state index in [9.17, 15) is 5.11 Å². The molecule has 2 rings (SSSR count). The van der Waals surface area contributed by atoms with Gasteiger partial charge in [-0.3, -0.25) is 0 Å². The first-order valence-corrected chi connectivity index (χ1v) is 9.54.